The van der Waals surface area contributed by atoms with Crippen LogP contribution in [-0.2, 0) is 6.42 Å². The van der Waals surface area contributed by atoms with Crippen molar-refractivity contribution in [3.05, 3.63) is 64.9 Å². The van der Waals surface area contributed by atoms with Gasteiger partial charge in [-0.3, -0.25) is 9.29 Å². The molecule has 2 heterocycles. The van der Waals surface area contributed by atoms with Gasteiger partial charge in [-0.2, -0.15) is 0 Å². The summed E-state index contributed by atoms with van der Waals surface area (Å²) in [5.41, 5.74) is 1.95. The van der Waals surface area contributed by atoms with Gasteiger partial charge in [-0.05, 0) is 57.0 Å². The third kappa shape index (κ3) is 5.91. The van der Waals surface area contributed by atoms with Gasteiger partial charge in [0.15, 0.2) is 0 Å². The predicted octanol–water partition coefficient (Wildman–Crippen LogP) is 5.16. The maximum absolute atomic E-state index is 15.6. The first-order valence-electron chi connectivity index (χ1n) is 12.5. The number of nitrogens with one attached hydrogen (secondary N) is 3. The van der Waals surface area contributed by atoms with Crippen LogP contribution in [0.2, 0.25) is 0 Å². The molecule has 4 N–H and O–H groups in total. The van der Waals surface area contributed by atoms with Gasteiger partial charge in [0.25, 0.3) is 5.92 Å². The molecule has 0 fully saturated rings. The Hall–Kier alpha value is -2.69. The SMILES string of the molecule is CC(CNCCCF)Nc1cc(F)c([C@@H]2c3[nH]c4ccccc4c3C[C@@H](C)N2CC(F)(F)CO)c(F)c1. The second-order valence-electron chi connectivity index (χ2n) is 9.85. The van der Waals surface area contributed by atoms with Crippen molar-refractivity contribution in [2.24, 2.45) is 0 Å². The van der Waals surface area contributed by atoms with Crippen LogP contribution in [-0.4, -0.2) is 65.9 Å². The van der Waals surface area contributed by atoms with Crippen molar-refractivity contribution in [2.75, 3.05) is 38.2 Å². The number of hydrogen-bond acceptors (Lipinski definition) is 4. The molecular formula is C27H33F5N4O. The van der Waals surface area contributed by atoms with E-state index in [4.69, 9.17) is 0 Å². The number of alkyl halides is 3. The first-order chi connectivity index (χ1) is 17.6. The molecule has 0 radical (unpaired) electrons. The van der Waals surface area contributed by atoms with Crippen molar-refractivity contribution >= 4 is 16.6 Å². The fourth-order valence-electron chi connectivity index (χ4n) is 5.16. The van der Waals surface area contributed by atoms with Crippen molar-refractivity contribution < 1.29 is 27.1 Å². The molecule has 10 heteroatoms. The molecule has 0 saturated carbocycles. The van der Waals surface area contributed by atoms with Gasteiger partial charge in [0.05, 0.1) is 19.3 Å². The molecule has 0 spiro atoms. The predicted molar refractivity (Wildman–Crippen MR) is 135 cm³/mol. The number of para-hydroxylation sites is 1. The molecule has 3 atom stereocenters. The maximum atomic E-state index is 15.6. The molecule has 0 aliphatic carbocycles. The summed E-state index contributed by atoms with van der Waals surface area (Å²) in [6, 6.07) is 7.95. The Balaban J connectivity index is 1.72. The molecule has 1 aromatic heterocycles. The molecule has 2 aromatic carbocycles. The number of aliphatic hydroxyl groups excluding tert-OH is 1. The largest absolute Gasteiger partial charge is 0.390 e. The lowest BCUT2D eigenvalue weighted by Gasteiger charge is -2.42. The van der Waals surface area contributed by atoms with Crippen LogP contribution in [0.1, 0.15) is 43.1 Å². The van der Waals surface area contributed by atoms with E-state index < -0.39 is 49.5 Å². The average Bonchev–Trinajstić information content (AvgIpc) is 3.21. The normalized spacial score (nSPS) is 19.2. The number of anilines is 1. The molecule has 37 heavy (non-hydrogen) atoms. The number of rotatable bonds is 11. The zero-order valence-corrected chi connectivity index (χ0v) is 20.9. The summed E-state index contributed by atoms with van der Waals surface area (Å²) in [6.45, 7) is 1.88. The smallest absolute Gasteiger partial charge is 0.283 e. The molecule has 5 nitrogen and oxygen atoms in total. The first kappa shape index (κ1) is 27.3. The molecule has 0 bridgehead atoms. The number of hydrogen-bond donors (Lipinski definition) is 4. The Kier molecular flexibility index (Phi) is 8.40. The van der Waals surface area contributed by atoms with E-state index in [1.165, 1.54) is 17.0 Å². The Morgan fingerprint density at radius 2 is 1.89 bits per heavy atom. The minimum atomic E-state index is -3.45. The summed E-state index contributed by atoms with van der Waals surface area (Å²) in [6.07, 6.45) is 0.791. The summed E-state index contributed by atoms with van der Waals surface area (Å²) in [5, 5.41) is 16.2. The van der Waals surface area contributed by atoms with Crippen LogP contribution in [0, 0.1) is 11.6 Å². The van der Waals surface area contributed by atoms with Crippen LogP contribution in [0.5, 0.6) is 0 Å². The third-order valence-corrected chi connectivity index (χ3v) is 6.87. The number of aromatic nitrogens is 1. The third-order valence-electron chi connectivity index (χ3n) is 6.87. The van der Waals surface area contributed by atoms with E-state index in [1.54, 1.807) is 6.92 Å². The quantitative estimate of drug-likeness (QED) is 0.207. The van der Waals surface area contributed by atoms with E-state index in [2.05, 4.69) is 15.6 Å². The summed E-state index contributed by atoms with van der Waals surface area (Å²) in [5.74, 6) is -5.17. The molecule has 0 amide bonds. The van der Waals surface area contributed by atoms with Crippen LogP contribution in [0.15, 0.2) is 36.4 Å². The molecular weight excluding hydrogens is 491 g/mol. The highest BCUT2D eigenvalue weighted by molar-refractivity contribution is 5.85. The summed E-state index contributed by atoms with van der Waals surface area (Å²) >= 11 is 0. The Morgan fingerprint density at radius 3 is 2.57 bits per heavy atom. The second-order valence-corrected chi connectivity index (χ2v) is 9.85. The number of halogens is 5. The average molecular weight is 525 g/mol. The van der Waals surface area contributed by atoms with Crippen molar-refractivity contribution in [2.45, 2.75) is 50.7 Å². The van der Waals surface area contributed by atoms with Gasteiger partial charge in [0, 0.05) is 46.5 Å². The Morgan fingerprint density at radius 1 is 1.19 bits per heavy atom. The molecule has 0 saturated heterocycles. The maximum Gasteiger partial charge on any atom is 0.283 e. The van der Waals surface area contributed by atoms with Crippen LogP contribution in [0.4, 0.5) is 27.6 Å². The van der Waals surface area contributed by atoms with Gasteiger partial charge in [-0.15, -0.1) is 0 Å². The van der Waals surface area contributed by atoms with Crippen LogP contribution >= 0.6 is 0 Å². The van der Waals surface area contributed by atoms with Crippen LogP contribution in [0.3, 0.4) is 0 Å². The van der Waals surface area contributed by atoms with E-state index in [9.17, 15) is 18.3 Å². The summed E-state index contributed by atoms with van der Waals surface area (Å²) in [7, 11) is 0. The first-order valence-corrected chi connectivity index (χ1v) is 12.5. The van der Waals surface area contributed by atoms with Crippen molar-refractivity contribution in [3.63, 3.8) is 0 Å². The standard InChI is InChI=1S/C27H33F5N4O/c1-16(13-33-9-5-8-28)34-18-11-21(29)24(22(30)12-18)26-25-20(19-6-3-4-7-23(19)35-25)10-17(2)36(26)14-27(31,32)15-37/h3-4,6-7,11-12,16-17,26,33-35,37H,5,8-10,13-15H2,1-2H3/t16?,17-,26-/m1/s1. The molecule has 4 rings (SSSR count). The van der Waals surface area contributed by atoms with E-state index in [0.717, 1.165) is 16.5 Å². The van der Waals surface area contributed by atoms with Crippen molar-refractivity contribution in [1.82, 2.24) is 15.2 Å². The zero-order chi connectivity index (χ0) is 26.7. The van der Waals surface area contributed by atoms with E-state index in [-0.39, 0.29) is 17.3 Å². The van der Waals surface area contributed by atoms with Gasteiger partial charge in [0.2, 0.25) is 0 Å². The van der Waals surface area contributed by atoms with Gasteiger partial charge in [-0.1, -0.05) is 18.2 Å². The fraction of sp³-hybridized carbons (Fsp3) is 0.481. The highest BCUT2D eigenvalue weighted by atomic mass is 19.3. The highest BCUT2D eigenvalue weighted by Gasteiger charge is 2.43. The molecule has 1 aliphatic heterocycles. The van der Waals surface area contributed by atoms with Gasteiger partial charge in [-0.25, -0.2) is 17.6 Å². The fourth-order valence-corrected chi connectivity index (χ4v) is 5.16. The van der Waals surface area contributed by atoms with Crippen molar-refractivity contribution in [1.29, 1.82) is 0 Å². The van der Waals surface area contributed by atoms with Crippen molar-refractivity contribution in [3.8, 4) is 0 Å². The second kappa shape index (κ2) is 11.4. The van der Waals surface area contributed by atoms with E-state index in [1.807, 2.05) is 31.2 Å². The molecule has 3 aromatic rings. The van der Waals surface area contributed by atoms with E-state index in [0.29, 0.717) is 31.6 Å². The number of nitrogens with zero attached hydrogens (tertiary/aromatic N) is 1. The van der Waals surface area contributed by atoms with E-state index >= 15 is 8.78 Å². The highest BCUT2D eigenvalue weighted by Crippen LogP contribution is 2.43. The van der Waals surface area contributed by atoms with Crippen LogP contribution in [0.25, 0.3) is 10.9 Å². The minimum Gasteiger partial charge on any atom is -0.390 e. The number of fused-ring (bicyclic) bond motifs is 3. The number of aliphatic hydroxyl groups is 1. The van der Waals surface area contributed by atoms with Gasteiger partial charge in [0.1, 0.15) is 18.2 Å². The van der Waals surface area contributed by atoms with Gasteiger partial charge < -0.3 is 20.7 Å². The lowest BCUT2D eigenvalue weighted by atomic mass is 9.87. The summed E-state index contributed by atoms with van der Waals surface area (Å²) < 4.78 is 72.4. The lowest BCUT2D eigenvalue weighted by molar-refractivity contribution is -0.0869. The van der Waals surface area contributed by atoms with Gasteiger partial charge >= 0.3 is 0 Å². The summed E-state index contributed by atoms with van der Waals surface area (Å²) in [4.78, 5) is 4.58. The lowest BCUT2D eigenvalue weighted by Crippen LogP contribution is -2.49. The zero-order valence-electron chi connectivity index (χ0n) is 20.9. The Bertz CT molecular complexity index is 1190. The molecule has 202 valence electrons. The number of benzene rings is 2. The number of aromatic amines is 1. The van der Waals surface area contributed by atoms with Crippen LogP contribution < -0.4 is 10.6 Å². The Labute approximate surface area is 213 Å². The molecule has 1 aliphatic rings. The monoisotopic (exact) mass is 524 g/mol. The molecule has 1 unspecified atom stereocenters. The number of H-pyrrole nitrogens is 1. The minimum absolute atomic E-state index is 0.195. The topological polar surface area (TPSA) is 63.3 Å².